The molecule has 4 nitrogen and oxygen atoms in total. The quantitative estimate of drug-likeness (QED) is 0.855. The van der Waals surface area contributed by atoms with E-state index in [0.717, 1.165) is 25.7 Å². The van der Waals surface area contributed by atoms with E-state index in [1.807, 2.05) is 23.1 Å². The van der Waals surface area contributed by atoms with Crippen LogP contribution in [0.3, 0.4) is 0 Å². The van der Waals surface area contributed by atoms with Crippen molar-refractivity contribution in [3.05, 3.63) is 59.5 Å². The number of nitrogens with zero attached hydrogens (tertiary/aromatic N) is 2. The summed E-state index contributed by atoms with van der Waals surface area (Å²) >= 11 is 0. The zero-order chi connectivity index (χ0) is 17.4. The molecule has 2 unspecified atom stereocenters. The number of piperidine rings is 1. The molecule has 2 aliphatic rings. The summed E-state index contributed by atoms with van der Waals surface area (Å²) in [5, 5.41) is 0. The molecule has 0 spiro atoms. The SMILES string of the molecule is Cc1ccc(C(=O)N2C3CCC2CC(Oc2ccccn2)C3)cc1F. The topological polar surface area (TPSA) is 42.4 Å². The average molecular weight is 340 g/mol. The third-order valence-electron chi connectivity index (χ3n) is 5.27. The number of amides is 1. The molecule has 1 aromatic carbocycles. The number of hydrogen-bond donors (Lipinski definition) is 0. The van der Waals surface area contributed by atoms with E-state index in [4.69, 9.17) is 4.74 Å². The van der Waals surface area contributed by atoms with Crippen molar-refractivity contribution in [1.29, 1.82) is 0 Å². The number of aromatic nitrogens is 1. The second-order valence-corrected chi connectivity index (χ2v) is 6.94. The van der Waals surface area contributed by atoms with Crippen molar-refractivity contribution >= 4 is 5.91 Å². The minimum atomic E-state index is -0.327. The fourth-order valence-corrected chi connectivity index (χ4v) is 4.02. The molecule has 25 heavy (non-hydrogen) atoms. The zero-order valence-electron chi connectivity index (χ0n) is 14.2. The summed E-state index contributed by atoms with van der Waals surface area (Å²) < 4.78 is 19.8. The van der Waals surface area contributed by atoms with Crippen molar-refractivity contribution in [2.45, 2.75) is 50.8 Å². The molecule has 2 bridgehead atoms. The number of rotatable bonds is 3. The molecule has 2 fully saturated rings. The molecule has 0 N–H and O–H groups in total. The Hall–Kier alpha value is -2.43. The van der Waals surface area contributed by atoms with Crippen molar-refractivity contribution in [3.8, 4) is 5.88 Å². The van der Waals surface area contributed by atoms with Gasteiger partial charge in [-0.15, -0.1) is 0 Å². The second kappa shape index (κ2) is 6.47. The summed E-state index contributed by atoms with van der Waals surface area (Å²) in [6, 6.07) is 10.7. The van der Waals surface area contributed by atoms with Crippen LogP contribution >= 0.6 is 0 Å². The van der Waals surface area contributed by atoms with Gasteiger partial charge in [-0.2, -0.15) is 0 Å². The molecular formula is C20H21FN2O2. The van der Waals surface area contributed by atoms with Crippen molar-refractivity contribution in [1.82, 2.24) is 9.88 Å². The van der Waals surface area contributed by atoms with Gasteiger partial charge in [-0.05, 0) is 43.5 Å². The monoisotopic (exact) mass is 340 g/mol. The van der Waals surface area contributed by atoms with E-state index in [0.29, 0.717) is 17.0 Å². The number of ether oxygens (including phenoxy) is 1. The third kappa shape index (κ3) is 3.11. The maximum Gasteiger partial charge on any atom is 0.254 e. The summed E-state index contributed by atoms with van der Waals surface area (Å²) in [6.07, 6.45) is 5.35. The number of benzene rings is 1. The Bertz CT molecular complexity index is 767. The van der Waals surface area contributed by atoms with E-state index in [-0.39, 0.29) is 29.9 Å². The van der Waals surface area contributed by atoms with Crippen LogP contribution in [-0.4, -0.2) is 34.0 Å². The van der Waals surface area contributed by atoms with Gasteiger partial charge in [0, 0.05) is 42.8 Å². The fraction of sp³-hybridized carbons (Fsp3) is 0.400. The van der Waals surface area contributed by atoms with E-state index in [2.05, 4.69) is 4.98 Å². The van der Waals surface area contributed by atoms with Crippen LogP contribution in [0.15, 0.2) is 42.6 Å². The number of carbonyl (C=O) groups is 1. The van der Waals surface area contributed by atoms with Gasteiger partial charge in [-0.1, -0.05) is 12.1 Å². The molecule has 5 heteroatoms. The molecule has 3 heterocycles. The van der Waals surface area contributed by atoms with E-state index < -0.39 is 0 Å². The van der Waals surface area contributed by atoms with Crippen LogP contribution in [-0.2, 0) is 0 Å². The fourth-order valence-electron chi connectivity index (χ4n) is 4.02. The van der Waals surface area contributed by atoms with Crippen molar-refractivity contribution in [2.24, 2.45) is 0 Å². The predicted octanol–water partition coefficient (Wildman–Crippen LogP) is 3.74. The Balaban J connectivity index is 1.48. The first kappa shape index (κ1) is 16.1. The molecule has 2 aromatic rings. The van der Waals surface area contributed by atoms with Gasteiger partial charge >= 0.3 is 0 Å². The normalized spacial score (nSPS) is 25.0. The van der Waals surface area contributed by atoms with Gasteiger partial charge < -0.3 is 9.64 Å². The molecule has 1 aromatic heterocycles. The van der Waals surface area contributed by atoms with Crippen molar-refractivity contribution in [2.75, 3.05) is 0 Å². The molecule has 0 aliphatic carbocycles. The lowest BCUT2D eigenvalue weighted by molar-refractivity contribution is 0.0347. The first-order valence-electron chi connectivity index (χ1n) is 8.78. The zero-order valence-corrected chi connectivity index (χ0v) is 14.2. The molecular weight excluding hydrogens is 319 g/mol. The van der Waals surface area contributed by atoms with E-state index in [9.17, 15) is 9.18 Å². The van der Waals surface area contributed by atoms with Gasteiger partial charge in [-0.3, -0.25) is 4.79 Å². The smallest absolute Gasteiger partial charge is 0.254 e. The Morgan fingerprint density at radius 2 is 1.96 bits per heavy atom. The lowest BCUT2D eigenvalue weighted by atomic mass is 9.98. The lowest BCUT2D eigenvalue weighted by Gasteiger charge is -2.38. The van der Waals surface area contributed by atoms with E-state index in [1.54, 1.807) is 25.3 Å². The summed E-state index contributed by atoms with van der Waals surface area (Å²) in [4.78, 5) is 19.1. The third-order valence-corrected chi connectivity index (χ3v) is 5.27. The van der Waals surface area contributed by atoms with Crippen molar-refractivity contribution < 1.29 is 13.9 Å². The highest BCUT2D eigenvalue weighted by Gasteiger charge is 2.44. The maximum absolute atomic E-state index is 13.8. The lowest BCUT2D eigenvalue weighted by Crippen LogP contribution is -2.49. The number of aryl methyl sites for hydroxylation is 1. The van der Waals surface area contributed by atoms with Gasteiger partial charge in [0.2, 0.25) is 5.88 Å². The van der Waals surface area contributed by atoms with Crippen LogP contribution in [0, 0.1) is 12.7 Å². The van der Waals surface area contributed by atoms with Gasteiger partial charge in [0.1, 0.15) is 11.9 Å². The number of pyridine rings is 1. The second-order valence-electron chi connectivity index (χ2n) is 6.94. The highest BCUT2D eigenvalue weighted by molar-refractivity contribution is 5.95. The van der Waals surface area contributed by atoms with Crippen LogP contribution in [0.4, 0.5) is 4.39 Å². The Labute approximate surface area is 146 Å². The van der Waals surface area contributed by atoms with E-state index >= 15 is 0 Å². The van der Waals surface area contributed by atoms with Gasteiger partial charge in [-0.25, -0.2) is 9.37 Å². The van der Waals surface area contributed by atoms with Crippen LogP contribution in [0.1, 0.15) is 41.6 Å². The first-order valence-corrected chi connectivity index (χ1v) is 8.78. The number of hydrogen-bond acceptors (Lipinski definition) is 3. The number of fused-ring (bicyclic) bond motifs is 2. The molecule has 4 rings (SSSR count). The molecule has 130 valence electrons. The van der Waals surface area contributed by atoms with E-state index in [1.165, 1.54) is 6.07 Å². The number of carbonyl (C=O) groups excluding carboxylic acids is 1. The minimum absolute atomic E-state index is 0.0670. The molecule has 0 radical (unpaired) electrons. The summed E-state index contributed by atoms with van der Waals surface area (Å²) in [6.45, 7) is 1.70. The van der Waals surface area contributed by atoms with Crippen LogP contribution in [0.5, 0.6) is 5.88 Å². The maximum atomic E-state index is 13.8. The van der Waals surface area contributed by atoms with Gasteiger partial charge in [0.05, 0.1) is 0 Å². The molecule has 1 amide bonds. The highest BCUT2D eigenvalue weighted by Crippen LogP contribution is 2.38. The molecule has 0 saturated carbocycles. The Kier molecular flexibility index (Phi) is 4.15. The molecule has 2 saturated heterocycles. The summed E-state index contributed by atoms with van der Waals surface area (Å²) in [7, 11) is 0. The average Bonchev–Trinajstić information content (AvgIpc) is 2.88. The summed E-state index contributed by atoms with van der Waals surface area (Å²) in [5.74, 6) is 0.238. The van der Waals surface area contributed by atoms with Crippen LogP contribution < -0.4 is 4.74 Å². The largest absolute Gasteiger partial charge is 0.474 e. The first-order chi connectivity index (χ1) is 12.1. The predicted molar refractivity (Wildman–Crippen MR) is 92.0 cm³/mol. The van der Waals surface area contributed by atoms with Gasteiger partial charge in [0.25, 0.3) is 5.91 Å². The minimum Gasteiger partial charge on any atom is -0.474 e. The number of halogens is 1. The van der Waals surface area contributed by atoms with Crippen molar-refractivity contribution in [3.63, 3.8) is 0 Å². The standard InChI is InChI=1S/C20H21FN2O2/c1-13-5-6-14(10-18(13)21)20(24)23-15-7-8-16(23)12-17(11-15)25-19-4-2-3-9-22-19/h2-6,9-10,15-17H,7-8,11-12H2,1H3. The molecule has 2 atom stereocenters. The Morgan fingerprint density at radius 3 is 2.60 bits per heavy atom. The highest BCUT2D eigenvalue weighted by atomic mass is 19.1. The van der Waals surface area contributed by atoms with Crippen LogP contribution in [0.25, 0.3) is 0 Å². The van der Waals surface area contributed by atoms with Crippen LogP contribution in [0.2, 0.25) is 0 Å². The summed E-state index contributed by atoms with van der Waals surface area (Å²) in [5.41, 5.74) is 0.992. The Morgan fingerprint density at radius 1 is 1.20 bits per heavy atom. The van der Waals surface area contributed by atoms with Gasteiger partial charge in [0.15, 0.2) is 0 Å². The molecule has 2 aliphatic heterocycles.